The standard InChI is InChI=1S/C21H23N3O2S2/c1-12(2)26-20(25)13-7-6-8-14(11-13)22-18-17-15-9-4-5-10-16(15)28-19(17)24-21(23-18)27-3/h6-8,11-12H,4-5,9-10H2,1-3H3,(H,22,23,24). The van der Waals surface area contributed by atoms with Gasteiger partial charge in [-0.25, -0.2) is 14.8 Å². The molecule has 1 aromatic carbocycles. The van der Waals surface area contributed by atoms with E-state index in [0.717, 1.165) is 39.7 Å². The van der Waals surface area contributed by atoms with Crippen molar-refractivity contribution in [3.8, 4) is 0 Å². The Morgan fingerprint density at radius 2 is 2.07 bits per heavy atom. The van der Waals surface area contributed by atoms with Gasteiger partial charge in [-0.15, -0.1) is 11.3 Å². The van der Waals surface area contributed by atoms with Crippen LogP contribution in [0.4, 0.5) is 11.5 Å². The fraction of sp³-hybridized carbons (Fsp3) is 0.381. The fourth-order valence-corrected chi connectivity index (χ4v) is 5.15. The van der Waals surface area contributed by atoms with Crippen molar-refractivity contribution in [2.45, 2.75) is 50.8 Å². The highest BCUT2D eigenvalue weighted by molar-refractivity contribution is 7.98. The molecule has 0 bridgehead atoms. The number of hydrogen-bond donors (Lipinski definition) is 1. The van der Waals surface area contributed by atoms with Gasteiger partial charge in [-0.1, -0.05) is 17.8 Å². The minimum Gasteiger partial charge on any atom is -0.459 e. The lowest BCUT2D eigenvalue weighted by molar-refractivity contribution is 0.0378. The molecule has 146 valence electrons. The second-order valence-corrected chi connectivity index (χ2v) is 8.97. The number of esters is 1. The highest BCUT2D eigenvalue weighted by Crippen LogP contribution is 2.40. The first kappa shape index (κ1) is 19.2. The summed E-state index contributed by atoms with van der Waals surface area (Å²) in [5.41, 5.74) is 2.74. The lowest BCUT2D eigenvalue weighted by Gasteiger charge is -2.14. The van der Waals surface area contributed by atoms with Gasteiger partial charge in [0.15, 0.2) is 5.16 Å². The number of rotatable bonds is 5. The van der Waals surface area contributed by atoms with Gasteiger partial charge in [0.05, 0.1) is 17.1 Å². The van der Waals surface area contributed by atoms with Crippen LogP contribution < -0.4 is 5.32 Å². The van der Waals surface area contributed by atoms with Gasteiger partial charge in [-0.3, -0.25) is 0 Å². The second-order valence-electron chi connectivity index (χ2n) is 7.11. The normalized spacial score (nSPS) is 13.6. The maximum Gasteiger partial charge on any atom is 0.338 e. The van der Waals surface area contributed by atoms with E-state index >= 15 is 0 Å². The average molecular weight is 414 g/mol. The summed E-state index contributed by atoms with van der Waals surface area (Å²) in [4.78, 5) is 24.2. The van der Waals surface area contributed by atoms with Gasteiger partial charge in [-0.05, 0) is 69.5 Å². The molecule has 2 aromatic heterocycles. The molecule has 5 nitrogen and oxygen atoms in total. The van der Waals surface area contributed by atoms with Gasteiger partial charge in [0.25, 0.3) is 0 Å². The number of anilines is 2. The van der Waals surface area contributed by atoms with Crippen molar-refractivity contribution in [1.82, 2.24) is 9.97 Å². The third kappa shape index (κ3) is 3.86. The van der Waals surface area contributed by atoms with Crippen LogP contribution in [0.3, 0.4) is 0 Å². The van der Waals surface area contributed by atoms with Crippen LogP contribution in [0, 0.1) is 0 Å². The molecule has 2 heterocycles. The molecule has 4 rings (SSSR count). The lowest BCUT2D eigenvalue weighted by atomic mass is 9.97. The van der Waals surface area contributed by atoms with E-state index in [4.69, 9.17) is 14.7 Å². The number of benzene rings is 1. The number of carbonyl (C=O) groups excluding carboxylic acids is 1. The molecular formula is C21H23N3O2S2. The zero-order valence-electron chi connectivity index (χ0n) is 16.2. The zero-order chi connectivity index (χ0) is 19.7. The van der Waals surface area contributed by atoms with Crippen molar-refractivity contribution in [3.05, 3.63) is 40.3 Å². The first-order chi connectivity index (χ1) is 13.5. The Morgan fingerprint density at radius 1 is 1.25 bits per heavy atom. The van der Waals surface area contributed by atoms with E-state index in [0.29, 0.717) is 5.56 Å². The van der Waals surface area contributed by atoms with Crippen molar-refractivity contribution in [2.24, 2.45) is 0 Å². The number of nitrogens with one attached hydrogen (secondary N) is 1. The predicted octanol–water partition coefficient (Wildman–Crippen LogP) is 5.60. The molecule has 1 aliphatic rings. The topological polar surface area (TPSA) is 64.1 Å². The SMILES string of the molecule is CSc1nc(Nc2cccc(C(=O)OC(C)C)c2)c2c3c(sc2n1)CCCC3. The number of aryl methyl sites for hydroxylation is 2. The fourth-order valence-electron chi connectivity index (χ4n) is 3.46. The predicted molar refractivity (Wildman–Crippen MR) is 116 cm³/mol. The molecule has 0 unspecified atom stereocenters. The third-order valence-electron chi connectivity index (χ3n) is 4.68. The van der Waals surface area contributed by atoms with Crippen LogP contribution in [-0.4, -0.2) is 28.3 Å². The molecule has 7 heteroatoms. The molecular weight excluding hydrogens is 390 g/mol. The van der Waals surface area contributed by atoms with E-state index in [-0.39, 0.29) is 12.1 Å². The van der Waals surface area contributed by atoms with Crippen LogP contribution in [-0.2, 0) is 17.6 Å². The van der Waals surface area contributed by atoms with Gasteiger partial charge in [0, 0.05) is 10.6 Å². The minimum atomic E-state index is -0.316. The molecule has 0 fully saturated rings. The first-order valence-corrected chi connectivity index (χ1v) is 11.5. The lowest BCUT2D eigenvalue weighted by Crippen LogP contribution is -2.11. The number of nitrogens with zero attached hydrogens (tertiary/aromatic N) is 2. The molecule has 0 saturated carbocycles. The van der Waals surface area contributed by atoms with E-state index in [1.165, 1.54) is 35.0 Å². The van der Waals surface area contributed by atoms with Crippen LogP contribution in [0.5, 0.6) is 0 Å². The Hall–Kier alpha value is -2.12. The molecule has 3 aromatic rings. The highest BCUT2D eigenvalue weighted by atomic mass is 32.2. The Bertz CT molecular complexity index is 1030. The maximum absolute atomic E-state index is 12.2. The summed E-state index contributed by atoms with van der Waals surface area (Å²) in [6.45, 7) is 3.70. The molecule has 0 amide bonds. The Morgan fingerprint density at radius 3 is 2.86 bits per heavy atom. The van der Waals surface area contributed by atoms with E-state index in [9.17, 15) is 4.79 Å². The molecule has 28 heavy (non-hydrogen) atoms. The third-order valence-corrected chi connectivity index (χ3v) is 6.41. The largest absolute Gasteiger partial charge is 0.459 e. The van der Waals surface area contributed by atoms with E-state index in [2.05, 4.69) is 5.32 Å². The Kier molecular flexibility index (Phi) is 5.55. The van der Waals surface area contributed by atoms with Crippen LogP contribution in [0.15, 0.2) is 29.4 Å². The monoisotopic (exact) mass is 413 g/mol. The number of thiophene rings is 1. The van der Waals surface area contributed by atoms with Crippen molar-refractivity contribution < 1.29 is 9.53 Å². The summed E-state index contributed by atoms with van der Waals surface area (Å²) >= 11 is 3.33. The number of carbonyl (C=O) groups is 1. The van der Waals surface area contributed by atoms with E-state index in [1.54, 1.807) is 17.4 Å². The summed E-state index contributed by atoms with van der Waals surface area (Å²) in [6, 6.07) is 7.38. The zero-order valence-corrected chi connectivity index (χ0v) is 17.9. The molecule has 1 aliphatic carbocycles. The molecule has 1 N–H and O–H groups in total. The Labute approximate surface area is 172 Å². The van der Waals surface area contributed by atoms with Crippen molar-refractivity contribution in [2.75, 3.05) is 11.6 Å². The highest BCUT2D eigenvalue weighted by Gasteiger charge is 2.21. The quantitative estimate of drug-likeness (QED) is 0.334. The number of ether oxygens (including phenoxy) is 1. The van der Waals surface area contributed by atoms with Gasteiger partial charge < -0.3 is 10.1 Å². The van der Waals surface area contributed by atoms with E-state index in [1.807, 2.05) is 38.3 Å². The number of thioether (sulfide) groups is 1. The molecule has 0 aliphatic heterocycles. The maximum atomic E-state index is 12.2. The van der Waals surface area contributed by atoms with Crippen LogP contribution in [0.1, 0.15) is 47.5 Å². The van der Waals surface area contributed by atoms with Crippen molar-refractivity contribution >= 4 is 50.8 Å². The van der Waals surface area contributed by atoms with E-state index < -0.39 is 0 Å². The second kappa shape index (κ2) is 8.09. The first-order valence-electron chi connectivity index (χ1n) is 9.49. The van der Waals surface area contributed by atoms with Crippen LogP contribution in [0.2, 0.25) is 0 Å². The van der Waals surface area contributed by atoms with Gasteiger partial charge >= 0.3 is 5.97 Å². The minimum absolute atomic E-state index is 0.146. The Balaban J connectivity index is 1.73. The summed E-state index contributed by atoms with van der Waals surface area (Å²) in [5, 5.41) is 5.33. The summed E-state index contributed by atoms with van der Waals surface area (Å²) < 4.78 is 5.32. The van der Waals surface area contributed by atoms with Crippen LogP contribution >= 0.6 is 23.1 Å². The van der Waals surface area contributed by atoms with Crippen LogP contribution in [0.25, 0.3) is 10.2 Å². The van der Waals surface area contributed by atoms with Gasteiger partial charge in [0.1, 0.15) is 10.6 Å². The summed E-state index contributed by atoms with van der Waals surface area (Å²) in [6.07, 6.45) is 6.49. The van der Waals surface area contributed by atoms with Crippen molar-refractivity contribution in [1.29, 1.82) is 0 Å². The summed E-state index contributed by atoms with van der Waals surface area (Å²) in [5.74, 6) is 0.507. The molecule has 0 spiro atoms. The summed E-state index contributed by atoms with van der Waals surface area (Å²) in [7, 11) is 0. The molecule has 0 atom stereocenters. The average Bonchev–Trinajstić information content (AvgIpc) is 3.06. The van der Waals surface area contributed by atoms with Gasteiger partial charge in [0.2, 0.25) is 0 Å². The number of aromatic nitrogens is 2. The van der Waals surface area contributed by atoms with Gasteiger partial charge in [-0.2, -0.15) is 0 Å². The van der Waals surface area contributed by atoms with Crippen molar-refractivity contribution in [3.63, 3.8) is 0 Å². The smallest absolute Gasteiger partial charge is 0.338 e. The number of fused-ring (bicyclic) bond motifs is 3. The molecule has 0 radical (unpaired) electrons. The number of hydrogen-bond acceptors (Lipinski definition) is 7. The molecule has 0 saturated heterocycles.